The number of halogens is 1. The number of benzene rings is 1. The van der Waals surface area contributed by atoms with Gasteiger partial charge in [0.25, 0.3) is 5.91 Å². The summed E-state index contributed by atoms with van der Waals surface area (Å²) in [5, 5.41) is 3.40. The van der Waals surface area contributed by atoms with Crippen molar-refractivity contribution in [3.05, 3.63) is 27.8 Å². The number of fused-ring (bicyclic) bond motifs is 1. The van der Waals surface area contributed by atoms with Crippen LogP contribution in [-0.2, 0) is 6.42 Å². The van der Waals surface area contributed by atoms with Crippen LogP contribution in [0.4, 0.5) is 5.69 Å². The number of nitrogens with two attached hydrogens (primary N) is 1. The summed E-state index contributed by atoms with van der Waals surface area (Å²) in [5.74, 6) is -0.116. The SMILES string of the molecule is Cc1cc(Cl)c2c(c1N)C(=O)NCC2. The maximum atomic E-state index is 11.6. The van der Waals surface area contributed by atoms with Gasteiger partial charge in [-0.2, -0.15) is 0 Å². The van der Waals surface area contributed by atoms with Crippen molar-refractivity contribution < 1.29 is 4.79 Å². The van der Waals surface area contributed by atoms with Crippen molar-refractivity contribution in [1.29, 1.82) is 0 Å². The van der Waals surface area contributed by atoms with Crippen LogP contribution in [0.3, 0.4) is 0 Å². The zero-order chi connectivity index (χ0) is 10.3. The third kappa shape index (κ3) is 1.24. The summed E-state index contributed by atoms with van der Waals surface area (Å²) in [5.41, 5.74) is 8.67. The highest BCUT2D eigenvalue weighted by atomic mass is 35.5. The lowest BCUT2D eigenvalue weighted by Crippen LogP contribution is -2.33. The van der Waals surface area contributed by atoms with Gasteiger partial charge in [-0.15, -0.1) is 0 Å². The maximum Gasteiger partial charge on any atom is 0.253 e. The van der Waals surface area contributed by atoms with Gasteiger partial charge in [0.15, 0.2) is 0 Å². The first-order valence-corrected chi connectivity index (χ1v) is 4.84. The Hall–Kier alpha value is -1.22. The van der Waals surface area contributed by atoms with E-state index >= 15 is 0 Å². The van der Waals surface area contributed by atoms with Gasteiger partial charge in [0.2, 0.25) is 0 Å². The van der Waals surface area contributed by atoms with E-state index in [-0.39, 0.29) is 5.91 Å². The van der Waals surface area contributed by atoms with Crippen LogP contribution >= 0.6 is 11.6 Å². The number of rotatable bonds is 0. The maximum absolute atomic E-state index is 11.6. The number of carbonyl (C=O) groups excluding carboxylic acids is 1. The molecule has 74 valence electrons. The number of hydrogen-bond acceptors (Lipinski definition) is 2. The molecule has 1 aromatic rings. The lowest BCUT2D eigenvalue weighted by atomic mass is 9.96. The molecule has 0 bridgehead atoms. The Kier molecular flexibility index (Phi) is 2.11. The van der Waals surface area contributed by atoms with E-state index < -0.39 is 0 Å². The van der Waals surface area contributed by atoms with Gasteiger partial charge in [-0.3, -0.25) is 4.79 Å². The number of nitrogen functional groups attached to an aromatic ring is 1. The van der Waals surface area contributed by atoms with Crippen LogP contribution in [0.25, 0.3) is 0 Å². The van der Waals surface area contributed by atoms with Gasteiger partial charge >= 0.3 is 0 Å². The zero-order valence-electron chi connectivity index (χ0n) is 7.86. The summed E-state index contributed by atoms with van der Waals surface area (Å²) in [6.07, 6.45) is 0.754. The standard InChI is InChI=1S/C10H11ClN2O/c1-5-4-7(11)6-2-3-13-10(14)8(6)9(5)12/h4H,2-3,12H2,1H3,(H,13,14). The second kappa shape index (κ2) is 3.17. The molecule has 0 fully saturated rings. The molecule has 1 amide bonds. The van der Waals surface area contributed by atoms with Crippen LogP contribution in [0.15, 0.2) is 6.07 Å². The van der Waals surface area contributed by atoms with Crippen molar-refractivity contribution >= 4 is 23.2 Å². The fourth-order valence-corrected chi connectivity index (χ4v) is 2.08. The van der Waals surface area contributed by atoms with E-state index in [9.17, 15) is 4.79 Å². The van der Waals surface area contributed by atoms with Crippen molar-refractivity contribution in [3.63, 3.8) is 0 Å². The summed E-state index contributed by atoms with van der Waals surface area (Å²) in [4.78, 5) is 11.6. The monoisotopic (exact) mass is 210 g/mol. The first-order chi connectivity index (χ1) is 6.61. The minimum absolute atomic E-state index is 0.116. The van der Waals surface area contributed by atoms with E-state index in [1.165, 1.54) is 0 Å². The minimum atomic E-state index is -0.116. The van der Waals surface area contributed by atoms with E-state index in [2.05, 4.69) is 5.32 Å². The van der Waals surface area contributed by atoms with Crippen molar-refractivity contribution in [2.24, 2.45) is 0 Å². The Morgan fingerprint density at radius 2 is 2.29 bits per heavy atom. The molecule has 2 rings (SSSR count). The quantitative estimate of drug-likeness (QED) is 0.638. The highest BCUT2D eigenvalue weighted by Crippen LogP contribution is 2.30. The fourth-order valence-electron chi connectivity index (χ4n) is 1.73. The van der Waals surface area contributed by atoms with E-state index in [0.717, 1.165) is 17.5 Å². The first kappa shape index (κ1) is 9.34. The molecule has 3 nitrogen and oxygen atoms in total. The molecule has 1 aromatic carbocycles. The third-order valence-electron chi connectivity index (χ3n) is 2.52. The predicted molar refractivity (Wildman–Crippen MR) is 56.6 cm³/mol. The second-order valence-electron chi connectivity index (χ2n) is 3.45. The smallest absolute Gasteiger partial charge is 0.253 e. The molecule has 0 spiro atoms. The predicted octanol–water partition coefficient (Wildman–Crippen LogP) is 1.52. The summed E-state index contributed by atoms with van der Waals surface area (Å²) in [7, 11) is 0. The Labute approximate surface area is 87.2 Å². The molecule has 0 radical (unpaired) electrons. The lowest BCUT2D eigenvalue weighted by molar-refractivity contribution is 0.0947. The van der Waals surface area contributed by atoms with Crippen LogP contribution in [0, 0.1) is 6.92 Å². The largest absolute Gasteiger partial charge is 0.398 e. The molecule has 4 heteroatoms. The van der Waals surface area contributed by atoms with Crippen LogP contribution < -0.4 is 11.1 Å². The number of aryl methyl sites for hydroxylation is 1. The first-order valence-electron chi connectivity index (χ1n) is 4.47. The molecule has 1 heterocycles. The summed E-state index contributed by atoms with van der Waals surface area (Å²) in [6.45, 7) is 2.48. The molecule has 1 aliphatic rings. The van der Waals surface area contributed by atoms with Gasteiger partial charge in [0.05, 0.1) is 5.56 Å². The topological polar surface area (TPSA) is 55.1 Å². The van der Waals surface area contributed by atoms with E-state index in [1.807, 2.05) is 13.0 Å². The lowest BCUT2D eigenvalue weighted by Gasteiger charge is -2.20. The molecule has 3 N–H and O–H groups in total. The second-order valence-corrected chi connectivity index (χ2v) is 3.86. The molecule has 0 unspecified atom stereocenters. The molecule has 0 saturated heterocycles. The van der Waals surface area contributed by atoms with Crippen molar-refractivity contribution in [1.82, 2.24) is 5.32 Å². The average molecular weight is 211 g/mol. The molecular weight excluding hydrogens is 200 g/mol. The van der Waals surface area contributed by atoms with Crippen LogP contribution in [0.5, 0.6) is 0 Å². The van der Waals surface area contributed by atoms with E-state index in [4.69, 9.17) is 17.3 Å². The Balaban J connectivity index is 2.73. The zero-order valence-corrected chi connectivity index (χ0v) is 8.61. The van der Waals surface area contributed by atoms with Crippen molar-refractivity contribution in [3.8, 4) is 0 Å². The molecule has 14 heavy (non-hydrogen) atoms. The van der Waals surface area contributed by atoms with Crippen LogP contribution in [0.2, 0.25) is 5.02 Å². The van der Waals surface area contributed by atoms with E-state index in [1.54, 1.807) is 0 Å². The van der Waals surface area contributed by atoms with Gasteiger partial charge in [-0.05, 0) is 30.5 Å². The molecule has 0 saturated carbocycles. The number of hydrogen-bond donors (Lipinski definition) is 2. The van der Waals surface area contributed by atoms with Crippen molar-refractivity contribution in [2.45, 2.75) is 13.3 Å². The van der Waals surface area contributed by atoms with Gasteiger partial charge in [-0.1, -0.05) is 11.6 Å². The van der Waals surface area contributed by atoms with Gasteiger partial charge in [0, 0.05) is 17.3 Å². The molecule has 0 atom stereocenters. The molecule has 0 aromatic heterocycles. The van der Waals surface area contributed by atoms with Crippen LogP contribution in [-0.4, -0.2) is 12.5 Å². The number of amides is 1. The number of nitrogens with one attached hydrogen (secondary N) is 1. The van der Waals surface area contributed by atoms with E-state index in [0.29, 0.717) is 22.8 Å². The summed E-state index contributed by atoms with van der Waals surface area (Å²) < 4.78 is 0. The van der Waals surface area contributed by atoms with Crippen LogP contribution in [0.1, 0.15) is 21.5 Å². The Morgan fingerprint density at radius 3 is 3.00 bits per heavy atom. The highest BCUT2D eigenvalue weighted by molar-refractivity contribution is 6.32. The number of carbonyl (C=O) groups is 1. The molecule has 1 aliphatic heterocycles. The highest BCUT2D eigenvalue weighted by Gasteiger charge is 2.22. The van der Waals surface area contributed by atoms with Gasteiger partial charge < -0.3 is 11.1 Å². The van der Waals surface area contributed by atoms with Crippen molar-refractivity contribution in [2.75, 3.05) is 12.3 Å². The summed E-state index contributed by atoms with van der Waals surface area (Å²) >= 11 is 6.05. The Bertz CT molecular complexity index is 415. The number of anilines is 1. The molecule has 0 aliphatic carbocycles. The Morgan fingerprint density at radius 1 is 1.57 bits per heavy atom. The average Bonchev–Trinajstić information content (AvgIpc) is 2.14. The van der Waals surface area contributed by atoms with Gasteiger partial charge in [0.1, 0.15) is 0 Å². The summed E-state index contributed by atoms with van der Waals surface area (Å²) in [6, 6.07) is 1.81. The minimum Gasteiger partial charge on any atom is -0.398 e. The van der Waals surface area contributed by atoms with Gasteiger partial charge in [-0.25, -0.2) is 0 Å². The molecular formula is C10H11ClN2O. The normalized spacial score (nSPS) is 14.9. The third-order valence-corrected chi connectivity index (χ3v) is 2.85. The fraction of sp³-hybridized carbons (Fsp3) is 0.300.